The Morgan fingerprint density at radius 3 is 2.94 bits per heavy atom. The van der Waals surface area contributed by atoms with Crippen LogP contribution in [0, 0.1) is 0 Å². The van der Waals surface area contributed by atoms with E-state index in [4.69, 9.17) is 4.74 Å². The van der Waals surface area contributed by atoms with Crippen LogP contribution >= 0.6 is 0 Å². The number of hydrogen-bond donors (Lipinski definition) is 1. The van der Waals surface area contributed by atoms with Crippen molar-refractivity contribution in [2.45, 2.75) is 13.0 Å². The molecule has 0 aliphatic rings. The van der Waals surface area contributed by atoms with Crippen LogP contribution in [0.25, 0.3) is 5.52 Å². The molecule has 2 rings (SSSR count). The molecule has 0 saturated heterocycles. The molecule has 17 heavy (non-hydrogen) atoms. The summed E-state index contributed by atoms with van der Waals surface area (Å²) >= 11 is 0. The monoisotopic (exact) mass is 233 g/mol. The highest BCUT2D eigenvalue weighted by molar-refractivity contribution is 5.95. The number of rotatable bonds is 3. The van der Waals surface area contributed by atoms with Crippen molar-refractivity contribution in [3.8, 4) is 0 Å². The number of methoxy groups -OCH3 is 1. The van der Waals surface area contributed by atoms with Gasteiger partial charge in [0.25, 0.3) is 0 Å². The second-order valence-electron chi connectivity index (χ2n) is 3.78. The highest BCUT2D eigenvalue weighted by Gasteiger charge is 2.19. The topological polar surface area (TPSA) is 55.6 Å². The Morgan fingerprint density at radius 1 is 1.53 bits per heavy atom. The maximum atomic E-state index is 11.6. The number of aromatic nitrogens is 2. The molecule has 0 spiro atoms. The molecule has 0 radical (unpaired) electrons. The van der Waals surface area contributed by atoms with Crippen LogP contribution in [-0.2, 0) is 4.74 Å². The summed E-state index contributed by atoms with van der Waals surface area (Å²) in [6.45, 7) is 1.99. The molecule has 0 amide bonds. The number of pyridine rings is 1. The van der Waals surface area contributed by atoms with Crippen LogP contribution in [0.1, 0.15) is 29.3 Å². The zero-order valence-corrected chi connectivity index (χ0v) is 10.1. The summed E-state index contributed by atoms with van der Waals surface area (Å²) in [5.74, 6) is 0.381. The quantitative estimate of drug-likeness (QED) is 0.814. The second-order valence-corrected chi connectivity index (χ2v) is 3.78. The van der Waals surface area contributed by atoms with E-state index in [2.05, 4.69) is 10.3 Å². The van der Waals surface area contributed by atoms with Crippen LogP contribution in [-0.4, -0.2) is 29.5 Å². The van der Waals surface area contributed by atoms with Crippen LogP contribution in [0.5, 0.6) is 0 Å². The van der Waals surface area contributed by atoms with Gasteiger partial charge >= 0.3 is 5.97 Å². The fraction of sp³-hybridized carbons (Fsp3) is 0.333. The summed E-state index contributed by atoms with van der Waals surface area (Å²) in [6, 6.07) is 5.69. The van der Waals surface area contributed by atoms with Crippen molar-refractivity contribution in [2.24, 2.45) is 0 Å². The van der Waals surface area contributed by atoms with Crippen molar-refractivity contribution in [3.05, 3.63) is 35.9 Å². The Kier molecular flexibility index (Phi) is 3.10. The van der Waals surface area contributed by atoms with Gasteiger partial charge in [-0.25, -0.2) is 9.78 Å². The summed E-state index contributed by atoms with van der Waals surface area (Å²) < 4.78 is 6.63. The second kappa shape index (κ2) is 4.55. The third-order valence-corrected chi connectivity index (χ3v) is 2.77. The van der Waals surface area contributed by atoms with E-state index in [1.807, 2.05) is 42.8 Å². The highest BCUT2D eigenvalue weighted by Crippen LogP contribution is 2.18. The molecular weight excluding hydrogens is 218 g/mol. The lowest BCUT2D eigenvalue weighted by Crippen LogP contribution is -2.15. The van der Waals surface area contributed by atoms with Gasteiger partial charge in [0.2, 0.25) is 0 Å². The molecule has 0 saturated carbocycles. The number of imidazole rings is 1. The lowest BCUT2D eigenvalue weighted by Gasteiger charge is -2.08. The third-order valence-electron chi connectivity index (χ3n) is 2.77. The van der Waals surface area contributed by atoms with Gasteiger partial charge in [0.15, 0.2) is 5.69 Å². The molecule has 5 heteroatoms. The molecule has 0 aliphatic carbocycles. The fourth-order valence-corrected chi connectivity index (χ4v) is 1.74. The fourth-order valence-electron chi connectivity index (χ4n) is 1.74. The van der Waals surface area contributed by atoms with E-state index in [1.54, 1.807) is 0 Å². The first kappa shape index (κ1) is 11.6. The largest absolute Gasteiger partial charge is 0.464 e. The van der Waals surface area contributed by atoms with Crippen molar-refractivity contribution in [3.63, 3.8) is 0 Å². The SMILES string of the molecule is CNC(C)c1nc(C(=O)OC)c2ccccn12. The molecule has 2 heterocycles. The molecule has 2 aromatic heterocycles. The zero-order chi connectivity index (χ0) is 12.4. The number of carbonyl (C=O) groups excluding carboxylic acids is 1. The molecule has 0 aliphatic heterocycles. The van der Waals surface area contributed by atoms with Crippen LogP contribution in [0.3, 0.4) is 0 Å². The molecule has 2 aromatic rings. The van der Waals surface area contributed by atoms with Crippen molar-refractivity contribution in [2.75, 3.05) is 14.2 Å². The summed E-state index contributed by atoms with van der Waals surface area (Å²) in [5, 5.41) is 3.11. The first-order valence-electron chi connectivity index (χ1n) is 5.41. The molecule has 1 unspecified atom stereocenters. The maximum absolute atomic E-state index is 11.6. The van der Waals surface area contributed by atoms with Crippen LogP contribution in [0.4, 0.5) is 0 Å². The Hall–Kier alpha value is -1.88. The minimum absolute atomic E-state index is 0.0586. The Labute approximate surface area is 99.4 Å². The van der Waals surface area contributed by atoms with E-state index in [-0.39, 0.29) is 6.04 Å². The number of carbonyl (C=O) groups is 1. The number of nitrogens with zero attached hydrogens (tertiary/aromatic N) is 2. The van der Waals surface area contributed by atoms with E-state index in [9.17, 15) is 4.79 Å². The standard InChI is InChI=1S/C12H15N3O2/c1-8(13-2)11-14-10(12(16)17-3)9-6-4-5-7-15(9)11/h4-8,13H,1-3H3. The number of esters is 1. The van der Waals surface area contributed by atoms with Gasteiger partial charge < -0.3 is 14.5 Å². The number of fused-ring (bicyclic) bond motifs is 1. The van der Waals surface area contributed by atoms with Gasteiger partial charge in [0.1, 0.15) is 5.82 Å². The van der Waals surface area contributed by atoms with Crippen molar-refractivity contribution in [1.82, 2.24) is 14.7 Å². The van der Waals surface area contributed by atoms with Crippen molar-refractivity contribution >= 4 is 11.5 Å². The van der Waals surface area contributed by atoms with Gasteiger partial charge in [0.05, 0.1) is 18.7 Å². The van der Waals surface area contributed by atoms with Gasteiger partial charge in [-0.1, -0.05) is 6.07 Å². The van der Waals surface area contributed by atoms with Crippen LogP contribution in [0.2, 0.25) is 0 Å². The molecule has 1 atom stereocenters. The van der Waals surface area contributed by atoms with Gasteiger partial charge in [-0.3, -0.25) is 0 Å². The predicted octanol–water partition coefficient (Wildman–Crippen LogP) is 1.40. The van der Waals surface area contributed by atoms with Gasteiger partial charge in [-0.05, 0) is 26.1 Å². The van der Waals surface area contributed by atoms with E-state index >= 15 is 0 Å². The lowest BCUT2D eigenvalue weighted by molar-refractivity contribution is 0.0596. The van der Waals surface area contributed by atoms with Crippen molar-refractivity contribution < 1.29 is 9.53 Å². The average Bonchev–Trinajstić information content (AvgIpc) is 2.76. The predicted molar refractivity (Wildman–Crippen MR) is 64.0 cm³/mol. The lowest BCUT2D eigenvalue weighted by atomic mass is 10.3. The van der Waals surface area contributed by atoms with Crippen LogP contribution < -0.4 is 5.32 Å². The molecular formula is C12H15N3O2. The number of nitrogens with one attached hydrogen (secondary N) is 1. The van der Waals surface area contributed by atoms with Gasteiger partial charge in [-0.15, -0.1) is 0 Å². The molecule has 1 N–H and O–H groups in total. The van der Waals surface area contributed by atoms with E-state index < -0.39 is 5.97 Å². The smallest absolute Gasteiger partial charge is 0.358 e. The number of ether oxygens (including phenoxy) is 1. The molecule has 0 bridgehead atoms. The normalized spacial score (nSPS) is 12.6. The minimum Gasteiger partial charge on any atom is -0.464 e. The van der Waals surface area contributed by atoms with Gasteiger partial charge in [0, 0.05) is 6.20 Å². The van der Waals surface area contributed by atoms with Gasteiger partial charge in [-0.2, -0.15) is 0 Å². The van der Waals surface area contributed by atoms with E-state index in [1.165, 1.54) is 7.11 Å². The summed E-state index contributed by atoms with van der Waals surface area (Å²) in [4.78, 5) is 16.0. The first-order chi connectivity index (χ1) is 8.19. The third kappa shape index (κ3) is 1.89. The minimum atomic E-state index is -0.414. The van der Waals surface area contributed by atoms with Crippen molar-refractivity contribution in [1.29, 1.82) is 0 Å². The summed E-state index contributed by atoms with van der Waals surface area (Å²) in [7, 11) is 3.21. The molecule has 5 nitrogen and oxygen atoms in total. The zero-order valence-electron chi connectivity index (χ0n) is 10.1. The Balaban J connectivity index is 2.66. The summed E-state index contributed by atoms with van der Waals surface area (Å²) in [6.07, 6.45) is 1.89. The maximum Gasteiger partial charge on any atom is 0.358 e. The Bertz CT molecular complexity index is 548. The molecule has 0 aromatic carbocycles. The van der Waals surface area contributed by atoms with E-state index in [0.717, 1.165) is 11.3 Å². The highest BCUT2D eigenvalue weighted by atomic mass is 16.5. The summed E-state index contributed by atoms with van der Waals surface area (Å²) in [5.41, 5.74) is 1.11. The van der Waals surface area contributed by atoms with Crippen LogP contribution in [0.15, 0.2) is 24.4 Å². The molecule has 90 valence electrons. The molecule has 0 fully saturated rings. The first-order valence-corrected chi connectivity index (χ1v) is 5.41. The number of hydrogen-bond acceptors (Lipinski definition) is 4. The average molecular weight is 233 g/mol. The van der Waals surface area contributed by atoms with E-state index in [0.29, 0.717) is 5.69 Å². The Morgan fingerprint density at radius 2 is 2.29 bits per heavy atom.